The number of ketones is 1. The second-order valence-corrected chi connectivity index (χ2v) is 6.68. The number of nitrogens with one attached hydrogen (secondary N) is 1. The first kappa shape index (κ1) is 24.5. The van der Waals surface area contributed by atoms with Crippen molar-refractivity contribution in [3.8, 4) is 0 Å². The van der Waals surface area contributed by atoms with Crippen molar-refractivity contribution in [3.05, 3.63) is 70.8 Å². The summed E-state index contributed by atoms with van der Waals surface area (Å²) in [7, 11) is 0. The molecule has 0 heterocycles. The smallest absolute Gasteiger partial charge is 0.317 e. The van der Waals surface area contributed by atoms with Gasteiger partial charge in [0.1, 0.15) is 0 Å². The highest BCUT2D eigenvalue weighted by atomic mass is 17.1. The summed E-state index contributed by atoms with van der Waals surface area (Å²) in [5.41, 5.74) is 1.73. The van der Waals surface area contributed by atoms with Crippen molar-refractivity contribution in [2.75, 3.05) is 13.1 Å². The topological polar surface area (TPSA) is 75.6 Å². The predicted molar refractivity (Wildman–Crippen MR) is 116 cm³/mol. The average molecular weight is 400 g/mol. The van der Waals surface area contributed by atoms with Crippen LogP contribution in [0.1, 0.15) is 78.3 Å². The monoisotopic (exact) mass is 399 g/mol. The number of benzene rings is 2. The molecule has 2 aromatic rings. The fourth-order valence-corrected chi connectivity index (χ4v) is 3.02. The van der Waals surface area contributed by atoms with E-state index in [9.17, 15) is 9.59 Å². The van der Waals surface area contributed by atoms with Gasteiger partial charge in [0.05, 0.1) is 5.56 Å². The molecule has 0 fully saturated rings. The molecule has 0 aromatic heterocycles. The van der Waals surface area contributed by atoms with Crippen LogP contribution in [0.15, 0.2) is 48.5 Å². The molecule has 0 aliphatic rings. The van der Waals surface area contributed by atoms with E-state index in [-0.39, 0.29) is 11.3 Å². The zero-order valence-corrected chi connectivity index (χ0v) is 17.7. The minimum Gasteiger partial charge on any atom is -0.317 e. The highest BCUT2D eigenvalue weighted by Crippen LogP contribution is 2.22. The Morgan fingerprint density at radius 1 is 0.897 bits per heavy atom. The second-order valence-electron chi connectivity index (χ2n) is 6.68. The van der Waals surface area contributed by atoms with Crippen LogP contribution in [0.4, 0.5) is 0 Å². The lowest BCUT2D eigenvalue weighted by atomic mass is 9.91. The third kappa shape index (κ3) is 8.18. The van der Waals surface area contributed by atoms with Gasteiger partial charge in [0.2, 0.25) is 0 Å². The molecule has 0 saturated carbocycles. The molecule has 0 atom stereocenters. The number of carbonyl (C=O) groups excluding carboxylic acids is 2. The minimum atomic E-state index is -0.912. The van der Waals surface area contributed by atoms with Crippen molar-refractivity contribution in [3.63, 3.8) is 0 Å². The zero-order chi connectivity index (χ0) is 21.5. The highest BCUT2D eigenvalue weighted by Gasteiger charge is 2.22. The molecule has 2 aromatic carbocycles. The molecule has 0 bridgehead atoms. The van der Waals surface area contributed by atoms with Gasteiger partial charge in [-0.25, -0.2) is 4.79 Å². The van der Waals surface area contributed by atoms with Gasteiger partial charge < -0.3 is 5.32 Å². The fraction of sp³-hybridized carbons (Fsp3) is 0.417. The highest BCUT2D eigenvalue weighted by molar-refractivity contribution is 6.15. The minimum absolute atomic E-state index is 0.0966. The maximum atomic E-state index is 12.9. The van der Waals surface area contributed by atoms with Crippen molar-refractivity contribution < 1.29 is 19.7 Å². The van der Waals surface area contributed by atoms with E-state index < -0.39 is 5.97 Å². The molecule has 0 aliphatic carbocycles. The Morgan fingerprint density at radius 3 is 2.14 bits per heavy atom. The number of hydrogen-bond acceptors (Lipinski definition) is 5. The summed E-state index contributed by atoms with van der Waals surface area (Å²) in [5, 5.41) is 11.9. The Balaban J connectivity index is 0.000000749. The number of aryl methyl sites for hydroxylation is 1. The van der Waals surface area contributed by atoms with E-state index >= 15 is 0 Å². The number of rotatable bonds is 10. The van der Waals surface area contributed by atoms with Crippen LogP contribution in [0.5, 0.6) is 0 Å². The van der Waals surface area contributed by atoms with Crippen LogP contribution >= 0.6 is 0 Å². The van der Waals surface area contributed by atoms with Gasteiger partial charge in [0.25, 0.3) is 0 Å². The number of carbonyl (C=O) groups is 2. The summed E-state index contributed by atoms with van der Waals surface area (Å²) >= 11 is 0. The Kier molecular flexibility index (Phi) is 12.3. The maximum absolute atomic E-state index is 12.9. The number of unbranched alkanes of at least 4 members (excludes halogenated alkanes) is 3. The zero-order valence-electron chi connectivity index (χ0n) is 17.7. The Hall–Kier alpha value is -2.50. The number of hydrogen-bond donors (Lipinski definition) is 2. The summed E-state index contributed by atoms with van der Waals surface area (Å²) in [6.45, 7) is 8.53. The van der Waals surface area contributed by atoms with Crippen molar-refractivity contribution in [1.82, 2.24) is 5.32 Å². The molecule has 0 radical (unpaired) electrons. The third-order valence-corrected chi connectivity index (χ3v) is 4.52. The molecule has 0 spiro atoms. The van der Waals surface area contributed by atoms with E-state index in [1.54, 1.807) is 30.3 Å². The normalized spacial score (nSPS) is 10.1. The fourth-order valence-electron chi connectivity index (χ4n) is 3.02. The summed E-state index contributed by atoms with van der Waals surface area (Å²) in [6.07, 6.45) is 5.00. The Labute approximate surface area is 174 Å². The van der Waals surface area contributed by atoms with E-state index in [2.05, 4.69) is 31.0 Å². The van der Waals surface area contributed by atoms with Crippen molar-refractivity contribution in [2.24, 2.45) is 0 Å². The standard InChI is InChI=1S/C20H22O4.C4H11N/c1-2-3-4-6-10-15-13-9-14-17(20(22)24-23)18(15)19(21)16-11-7-5-8-12-16;1-3-5-4-2/h5,7-9,11-14,23H,2-4,6,10H2,1H3;5H,3-4H2,1-2H3. The van der Waals surface area contributed by atoms with Gasteiger partial charge in [-0.3, -0.25) is 9.68 Å². The van der Waals surface area contributed by atoms with Crippen LogP contribution in [-0.2, 0) is 11.3 Å². The largest absolute Gasteiger partial charge is 0.373 e. The molecule has 158 valence electrons. The van der Waals surface area contributed by atoms with Crippen molar-refractivity contribution in [2.45, 2.75) is 52.9 Å². The third-order valence-electron chi connectivity index (χ3n) is 4.52. The van der Waals surface area contributed by atoms with Crippen LogP contribution in [0.3, 0.4) is 0 Å². The summed E-state index contributed by atoms with van der Waals surface area (Å²) in [4.78, 5) is 28.7. The van der Waals surface area contributed by atoms with E-state index in [1.165, 1.54) is 6.07 Å². The molecule has 0 aliphatic heterocycles. The van der Waals surface area contributed by atoms with E-state index in [0.29, 0.717) is 17.5 Å². The molecule has 0 saturated heterocycles. The van der Waals surface area contributed by atoms with Crippen LogP contribution in [-0.4, -0.2) is 30.1 Å². The maximum Gasteiger partial charge on any atom is 0.373 e. The summed E-state index contributed by atoms with van der Waals surface area (Å²) < 4.78 is 0. The Morgan fingerprint density at radius 2 is 1.59 bits per heavy atom. The first-order valence-electron chi connectivity index (χ1n) is 10.4. The molecule has 2 N–H and O–H groups in total. The van der Waals surface area contributed by atoms with Gasteiger partial charge >= 0.3 is 5.97 Å². The van der Waals surface area contributed by atoms with Crippen LogP contribution in [0.2, 0.25) is 0 Å². The second kappa shape index (κ2) is 14.5. The van der Waals surface area contributed by atoms with Crippen molar-refractivity contribution >= 4 is 11.8 Å². The van der Waals surface area contributed by atoms with E-state index in [1.807, 2.05) is 12.1 Å². The Bertz CT molecular complexity index is 742. The lowest BCUT2D eigenvalue weighted by Crippen LogP contribution is -2.14. The average Bonchev–Trinajstić information content (AvgIpc) is 2.77. The lowest BCUT2D eigenvalue weighted by molar-refractivity contribution is -0.182. The van der Waals surface area contributed by atoms with Crippen LogP contribution < -0.4 is 5.32 Å². The molecule has 5 heteroatoms. The van der Waals surface area contributed by atoms with Gasteiger partial charge in [-0.1, -0.05) is 82.5 Å². The van der Waals surface area contributed by atoms with Gasteiger partial charge in [-0.15, -0.1) is 0 Å². The lowest BCUT2D eigenvalue weighted by Gasteiger charge is -2.12. The van der Waals surface area contributed by atoms with E-state index in [0.717, 1.165) is 44.3 Å². The van der Waals surface area contributed by atoms with E-state index in [4.69, 9.17) is 5.26 Å². The molecule has 5 nitrogen and oxygen atoms in total. The quantitative estimate of drug-likeness (QED) is 0.246. The predicted octanol–water partition coefficient (Wildman–Crippen LogP) is 5.29. The summed E-state index contributed by atoms with van der Waals surface area (Å²) in [5.74, 6) is -1.15. The molecule has 0 amide bonds. The molecule has 29 heavy (non-hydrogen) atoms. The summed E-state index contributed by atoms with van der Waals surface area (Å²) in [6, 6.07) is 13.9. The van der Waals surface area contributed by atoms with Crippen LogP contribution in [0.25, 0.3) is 0 Å². The molecular weight excluding hydrogens is 366 g/mol. The molecule has 2 rings (SSSR count). The van der Waals surface area contributed by atoms with Crippen LogP contribution in [0, 0.1) is 0 Å². The SMILES string of the molecule is CCCCCCc1cccc(C(=O)OO)c1C(=O)c1ccccc1.CCNCC. The van der Waals surface area contributed by atoms with Gasteiger partial charge in [-0.05, 0) is 37.6 Å². The van der Waals surface area contributed by atoms with Gasteiger partial charge in [-0.2, -0.15) is 5.26 Å². The first-order valence-corrected chi connectivity index (χ1v) is 10.4. The van der Waals surface area contributed by atoms with Gasteiger partial charge in [0, 0.05) is 11.1 Å². The molecular formula is C24H33NO4. The van der Waals surface area contributed by atoms with Gasteiger partial charge in [0.15, 0.2) is 5.78 Å². The first-order chi connectivity index (χ1) is 14.1. The molecule has 0 unspecified atom stereocenters. The van der Waals surface area contributed by atoms with Crippen molar-refractivity contribution in [1.29, 1.82) is 0 Å².